The number of urea groups is 1. The Morgan fingerprint density at radius 2 is 1.76 bits per heavy atom. The molecule has 0 radical (unpaired) electrons. The van der Waals surface area contributed by atoms with E-state index in [1.54, 1.807) is 0 Å². The van der Waals surface area contributed by atoms with Gasteiger partial charge >= 0.3 is 6.03 Å². The second-order valence-electron chi connectivity index (χ2n) is 4.37. The Kier molecular flexibility index (Phi) is 6.29. The van der Waals surface area contributed by atoms with E-state index in [1.165, 1.54) is 0 Å². The first kappa shape index (κ1) is 14.3. The van der Waals surface area contributed by atoms with Crippen LogP contribution in [0.2, 0.25) is 0 Å². The maximum Gasteiger partial charge on any atom is 0.320 e. The van der Waals surface area contributed by atoms with E-state index in [9.17, 15) is 4.79 Å². The van der Waals surface area contributed by atoms with Crippen molar-refractivity contribution in [1.82, 2.24) is 9.80 Å². The molecule has 0 unspecified atom stereocenters. The molecule has 1 heterocycles. The fraction of sp³-hybridized carbons (Fsp3) is 0.917. The van der Waals surface area contributed by atoms with Crippen LogP contribution in [0.4, 0.5) is 4.79 Å². The highest BCUT2D eigenvalue weighted by molar-refractivity contribution is 5.76. The molecule has 0 aliphatic carbocycles. The van der Waals surface area contributed by atoms with Crippen molar-refractivity contribution < 1.29 is 14.3 Å². The Balaban J connectivity index is 2.19. The molecule has 17 heavy (non-hydrogen) atoms. The molecule has 0 spiro atoms. The van der Waals surface area contributed by atoms with Gasteiger partial charge in [0.1, 0.15) is 0 Å². The van der Waals surface area contributed by atoms with Crippen LogP contribution in [0.25, 0.3) is 0 Å². The van der Waals surface area contributed by atoms with Gasteiger partial charge in [-0.1, -0.05) is 0 Å². The third-order valence-corrected chi connectivity index (χ3v) is 2.70. The largest absolute Gasteiger partial charge is 0.380 e. The highest BCUT2D eigenvalue weighted by Gasteiger charge is 2.27. The number of nitrogens with zero attached hydrogens (tertiary/aromatic N) is 2. The van der Waals surface area contributed by atoms with Crippen LogP contribution in [0.5, 0.6) is 0 Å². The fourth-order valence-electron chi connectivity index (χ4n) is 1.77. The predicted molar refractivity (Wildman–Crippen MR) is 66.1 cm³/mol. The van der Waals surface area contributed by atoms with Crippen molar-refractivity contribution in [3.8, 4) is 0 Å². The monoisotopic (exact) mass is 244 g/mol. The van der Waals surface area contributed by atoms with Gasteiger partial charge in [0.25, 0.3) is 0 Å². The second kappa shape index (κ2) is 7.50. The normalized spacial score (nSPS) is 16.4. The molecule has 5 heteroatoms. The Hall–Kier alpha value is -0.810. The molecule has 1 fully saturated rings. The maximum absolute atomic E-state index is 11.9. The van der Waals surface area contributed by atoms with Crippen LogP contribution in [0.15, 0.2) is 0 Å². The quantitative estimate of drug-likeness (QED) is 0.602. The molecule has 2 amide bonds. The van der Waals surface area contributed by atoms with Gasteiger partial charge in [0.2, 0.25) is 0 Å². The molecule has 0 atom stereocenters. The first-order valence-corrected chi connectivity index (χ1v) is 6.38. The highest BCUT2D eigenvalue weighted by Crippen LogP contribution is 2.08. The van der Waals surface area contributed by atoms with Gasteiger partial charge in [0.15, 0.2) is 0 Å². The number of hydrogen-bond acceptors (Lipinski definition) is 3. The number of carbonyl (C=O) groups excluding carboxylic acids is 1. The van der Waals surface area contributed by atoms with E-state index in [4.69, 9.17) is 9.47 Å². The molecule has 0 aromatic rings. The first-order valence-electron chi connectivity index (χ1n) is 6.38. The summed E-state index contributed by atoms with van der Waals surface area (Å²) in [5.41, 5.74) is 0. The van der Waals surface area contributed by atoms with Crippen molar-refractivity contribution in [3.05, 3.63) is 0 Å². The van der Waals surface area contributed by atoms with Crippen LogP contribution in [0, 0.1) is 0 Å². The van der Waals surface area contributed by atoms with Crippen LogP contribution in [-0.2, 0) is 9.47 Å². The smallest absolute Gasteiger partial charge is 0.320 e. The van der Waals surface area contributed by atoms with Gasteiger partial charge in [-0.3, -0.25) is 0 Å². The van der Waals surface area contributed by atoms with Gasteiger partial charge in [0.05, 0.1) is 19.3 Å². The van der Waals surface area contributed by atoms with Crippen molar-refractivity contribution >= 4 is 6.03 Å². The lowest BCUT2D eigenvalue weighted by atomic mass is 10.5. The number of hydrogen-bond donors (Lipinski definition) is 0. The first-order chi connectivity index (χ1) is 8.15. The molecule has 0 N–H and O–H groups in total. The third kappa shape index (κ3) is 4.91. The molecule has 1 aliphatic rings. The lowest BCUT2D eigenvalue weighted by Gasteiger charge is -2.19. The topological polar surface area (TPSA) is 42.0 Å². The Labute approximate surface area is 104 Å². The van der Waals surface area contributed by atoms with Crippen LogP contribution in [0.3, 0.4) is 0 Å². The summed E-state index contributed by atoms with van der Waals surface area (Å²) in [4.78, 5) is 15.6. The number of ether oxygens (including phenoxy) is 2. The minimum absolute atomic E-state index is 0.108. The van der Waals surface area contributed by atoms with E-state index in [0.717, 1.165) is 13.1 Å². The molecule has 0 aromatic heterocycles. The zero-order valence-electron chi connectivity index (χ0n) is 11.1. The van der Waals surface area contributed by atoms with E-state index in [1.807, 2.05) is 30.6 Å². The Morgan fingerprint density at radius 3 is 2.29 bits per heavy atom. The van der Waals surface area contributed by atoms with Gasteiger partial charge in [-0.05, 0) is 20.8 Å². The molecule has 0 aromatic carbocycles. The van der Waals surface area contributed by atoms with E-state index >= 15 is 0 Å². The average Bonchev–Trinajstić information content (AvgIpc) is 2.61. The highest BCUT2D eigenvalue weighted by atomic mass is 16.5. The standard InChI is InChI=1S/C12H24N2O3/c1-4-16-9-7-13-5-6-14(12(13)15)8-10-17-11(2)3/h11H,4-10H2,1-3H3. The van der Waals surface area contributed by atoms with Crippen molar-refractivity contribution in [2.75, 3.05) is 46.0 Å². The molecule has 1 saturated heterocycles. The summed E-state index contributed by atoms with van der Waals surface area (Å²) in [5, 5.41) is 0. The average molecular weight is 244 g/mol. The predicted octanol–water partition coefficient (Wildman–Crippen LogP) is 1.19. The summed E-state index contributed by atoms with van der Waals surface area (Å²) in [6, 6.07) is 0.108. The summed E-state index contributed by atoms with van der Waals surface area (Å²) in [5.74, 6) is 0. The number of carbonyl (C=O) groups is 1. The molecular weight excluding hydrogens is 220 g/mol. The van der Waals surface area contributed by atoms with Crippen molar-refractivity contribution in [2.24, 2.45) is 0 Å². The summed E-state index contributed by atoms with van der Waals surface area (Å²) in [7, 11) is 0. The maximum atomic E-state index is 11.9. The summed E-state index contributed by atoms with van der Waals surface area (Å²) >= 11 is 0. The van der Waals surface area contributed by atoms with E-state index in [2.05, 4.69) is 0 Å². The van der Waals surface area contributed by atoms with Gasteiger partial charge in [0, 0.05) is 32.8 Å². The second-order valence-corrected chi connectivity index (χ2v) is 4.37. The Bertz CT molecular complexity index is 234. The SMILES string of the molecule is CCOCCN1CCN(CCOC(C)C)C1=O. The Morgan fingerprint density at radius 1 is 1.18 bits per heavy atom. The van der Waals surface area contributed by atoms with E-state index in [-0.39, 0.29) is 12.1 Å². The molecule has 5 nitrogen and oxygen atoms in total. The van der Waals surface area contributed by atoms with Crippen molar-refractivity contribution in [2.45, 2.75) is 26.9 Å². The molecule has 1 aliphatic heterocycles. The summed E-state index contributed by atoms with van der Waals surface area (Å²) in [6.07, 6.45) is 0.224. The van der Waals surface area contributed by atoms with Crippen LogP contribution < -0.4 is 0 Å². The molecule has 0 bridgehead atoms. The zero-order chi connectivity index (χ0) is 12.7. The van der Waals surface area contributed by atoms with Crippen molar-refractivity contribution in [3.63, 3.8) is 0 Å². The van der Waals surface area contributed by atoms with Gasteiger partial charge < -0.3 is 19.3 Å². The molecular formula is C12H24N2O3. The third-order valence-electron chi connectivity index (χ3n) is 2.70. The molecule has 1 rings (SSSR count). The lowest BCUT2D eigenvalue weighted by molar-refractivity contribution is 0.0666. The number of amides is 2. The minimum Gasteiger partial charge on any atom is -0.380 e. The van der Waals surface area contributed by atoms with E-state index < -0.39 is 0 Å². The van der Waals surface area contributed by atoms with Gasteiger partial charge in [-0.15, -0.1) is 0 Å². The van der Waals surface area contributed by atoms with Crippen molar-refractivity contribution in [1.29, 1.82) is 0 Å². The fourth-order valence-corrected chi connectivity index (χ4v) is 1.77. The molecule has 0 saturated carbocycles. The number of rotatable bonds is 8. The lowest BCUT2D eigenvalue weighted by Crippen LogP contribution is -2.35. The van der Waals surface area contributed by atoms with Crippen LogP contribution in [0.1, 0.15) is 20.8 Å². The zero-order valence-corrected chi connectivity index (χ0v) is 11.1. The van der Waals surface area contributed by atoms with Gasteiger partial charge in [-0.2, -0.15) is 0 Å². The molecule has 100 valence electrons. The van der Waals surface area contributed by atoms with E-state index in [0.29, 0.717) is 32.9 Å². The summed E-state index contributed by atoms with van der Waals surface area (Å²) in [6.45, 7) is 10.9. The van der Waals surface area contributed by atoms with Crippen LogP contribution >= 0.6 is 0 Å². The minimum atomic E-state index is 0.108. The van der Waals surface area contributed by atoms with Gasteiger partial charge in [-0.25, -0.2) is 4.79 Å². The summed E-state index contributed by atoms with van der Waals surface area (Å²) < 4.78 is 10.7. The van der Waals surface area contributed by atoms with Crippen LogP contribution in [-0.4, -0.2) is 67.9 Å².